The summed E-state index contributed by atoms with van der Waals surface area (Å²) in [6.07, 6.45) is 4.83. The summed E-state index contributed by atoms with van der Waals surface area (Å²) in [6.45, 7) is 6.55. The van der Waals surface area contributed by atoms with Crippen molar-refractivity contribution in [3.05, 3.63) is 54.2 Å². The van der Waals surface area contributed by atoms with Crippen LogP contribution in [0.15, 0.2) is 43.0 Å². The Morgan fingerprint density at radius 1 is 1.26 bits per heavy atom. The van der Waals surface area contributed by atoms with Crippen molar-refractivity contribution in [2.24, 2.45) is 5.73 Å². The van der Waals surface area contributed by atoms with E-state index >= 15 is 0 Å². The van der Waals surface area contributed by atoms with Gasteiger partial charge < -0.3 is 24.3 Å². The Bertz CT molecular complexity index is 1410. The molecule has 1 unspecified atom stereocenters. The van der Waals surface area contributed by atoms with Crippen LogP contribution in [0.1, 0.15) is 54.3 Å². The Morgan fingerprint density at radius 3 is 2.71 bits per heavy atom. The van der Waals surface area contributed by atoms with Crippen molar-refractivity contribution in [1.29, 1.82) is 0 Å². The molecule has 0 amide bonds. The number of methoxy groups -OCH3 is 2. The summed E-state index contributed by atoms with van der Waals surface area (Å²) in [7, 11) is 2.98. The Balaban J connectivity index is 1.79. The molecule has 0 bridgehead atoms. The lowest BCUT2D eigenvalue weighted by molar-refractivity contribution is 0.0600. The topological polar surface area (TPSA) is 97.2 Å². The molecule has 1 aliphatic rings. The lowest BCUT2D eigenvalue weighted by atomic mass is 10.2. The lowest BCUT2D eigenvalue weighted by Gasteiger charge is -2.13. The Hall–Kier alpha value is -3.65. The van der Waals surface area contributed by atoms with Gasteiger partial charge in [-0.25, -0.2) is 14.8 Å². The number of carbonyl (C=O) groups is 1. The zero-order valence-corrected chi connectivity index (χ0v) is 19.7. The van der Waals surface area contributed by atoms with E-state index in [1.54, 1.807) is 19.2 Å². The van der Waals surface area contributed by atoms with Gasteiger partial charge in [0.15, 0.2) is 5.82 Å². The van der Waals surface area contributed by atoms with Crippen molar-refractivity contribution in [2.45, 2.75) is 44.8 Å². The molecule has 1 aliphatic carbocycles. The number of esters is 1. The van der Waals surface area contributed by atoms with E-state index in [2.05, 4.69) is 27.8 Å². The fraction of sp³-hybridized carbons (Fsp3) is 0.346. The van der Waals surface area contributed by atoms with Crippen LogP contribution in [0.4, 0.5) is 0 Å². The van der Waals surface area contributed by atoms with Gasteiger partial charge in [0.1, 0.15) is 16.9 Å². The van der Waals surface area contributed by atoms with Crippen molar-refractivity contribution in [3.63, 3.8) is 0 Å². The van der Waals surface area contributed by atoms with E-state index in [1.165, 1.54) is 7.11 Å². The number of carbonyl (C=O) groups excluding carboxylic acids is 1. The average Bonchev–Trinajstić information content (AvgIpc) is 3.51. The average molecular weight is 460 g/mol. The molecule has 8 heteroatoms. The van der Waals surface area contributed by atoms with Crippen LogP contribution < -0.4 is 10.5 Å². The number of ether oxygens (including phenoxy) is 2. The molecule has 1 fully saturated rings. The molecule has 3 heterocycles. The molecule has 0 aliphatic heterocycles. The highest BCUT2D eigenvalue weighted by molar-refractivity contribution is 5.97. The number of benzene rings is 1. The predicted molar refractivity (Wildman–Crippen MR) is 132 cm³/mol. The summed E-state index contributed by atoms with van der Waals surface area (Å²) >= 11 is 0. The molecule has 0 spiro atoms. The van der Waals surface area contributed by atoms with Crippen molar-refractivity contribution < 1.29 is 14.3 Å². The molecular formula is C26H29N5O3. The molecule has 8 nitrogen and oxygen atoms in total. The minimum atomic E-state index is -0.421. The normalized spacial score (nSPS) is 14.5. The van der Waals surface area contributed by atoms with Crippen molar-refractivity contribution in [3.8, 4) is 17.3 Å². The van der Waals surface area contributed by atoms with Crippen LogP contribution >= 0.6 is 0 Å². The minimum absolute atomic E-state index is 0.160. The fourth-order valence-corrected chi connectivity index (χ4v) is 4.48. The van der Waals surface area contributed by atoms with Crippen molar-refractivity contribution in [2.75, 3.05) is 14.2 Å². The largest absolute Gasteiger partial charge is 0.494 e. The van der Waals surface area contributed by atoms with Gasteiger partial charge in [0.2, 0.25) is 0 Å². The Morgan fingerprint density at radius 2 is 2.06 bits per heavy atom. The van der Waals surface area contributed by atoms with Crippen LogP contribution in [0, 0.1) is 0 Å². The Labute approximate surface area is 198 Å². The number of fused-ring (bicyclic) bond motifs is 2. The van der Waals surface area contributed by atoms with Gasteiger partial charge in [-0.05, 0) is 56.5 Å². The minimum Gasteiger partial charge on any atom is -0.494 e. The summed E-state index contributed by atoms with van der Waals surface area (Å²) in [4.78, 5) is 22.2. The highest BCUT2D eigenvalue weighted by Crippen LogP contribution is 2.44. The molecule has 0 saturated heterocycles. The molecule has 34 heavy (non-hydrogen) atoms. The molecule has 2 N–H and O–H groups in total. The highest BCUT2D eigenvalue weighted by Gasteiger charge is 2.32. The third-order valence-electron chi connectivity index (χ3n) is 6.32. The second-order valence-electron chi connectivity index (χ2n) is 8.77. The molecule has 4 aromatic rings. The highest BCUT2D eigenvalue weighted by atomic mass is 16.5. The number of hydrogen-bond acceptors (Lipinski definition) is 6. The van der Waals surface area contributed by atoms with Gasteiger partial charge in [-0.2, -0.15) is 0 Å². The van der Waals surface area contributed by atoms with Gasteiger partial charge in [0, 0.05) is 24.0 Å². The van der Waals surface area contributed by atoms with E-state index in [1.807, 2.05) is 19.1 Å². The fourth-order valence-electron chi connectivity index (χ4n) is 4.48. The molecule has 1 aromatic carbocycles. The van der Waals surface area contributed by atoms with Crippen LogP contribution in [0.3, 0.4) is 0 Å². The number of imidazole rings is 1. The van der Waals surface area contributed by atoms with Gasteiger partial charge in [0.05, 0.1) is 36.7 Å². The number of pyridine rings is 1. The van der Waals surface area contributed by atoms with Crippen LogP contribution in [0.25, 0.3) is 33.6 Å². The molecule has 0 radical (unpaired) electrons. The zero-order valence-electron chi connectivity index (χ0n) is 19.7. The zero-order chi connectivity index (χ0) is 24.0. The summed E-state index contributed by atoms with van der Waals surface area (Å²) in [5.41, 5.74) is 10.8. The molecule has 5 rings (SSSR count). The number of allylic oxidation sites excluding steroid dienone is 1. The third-order valence-corrected chi connectivity index (χ3v) is 6.32. The summed E-state index contributed by atoms with van der Waals surface area (Å²) in [5, 5.41) is 1.03. The van der Waals surface area contributed by atoms with Gasteiger partial charge in [0.25, 0.3) is 0 Å². The molecule has 1 saturated carbocycles. The van der Waals surface area contributed by atoms with Crippen LogP contribution in [-0.4, -0.2) is 39.3 Å². The Kier molecular flexibility index (Phi) is 5.61. The van der Waals surface area contributed by atoms with Crippen LogP contribution in [-0.2, 0) is 11.3 Å². The molecule has 176 valence electrons. The molecule has 1 atom stereocenters. The SMILES string of the molecule is C=CCCn1c(-c2nc3cc(C(=O)OC)cc(OC)c3n2C2CC2)cc2ccc(C(C)N)nc21. The van der Waals surface area contributed by atoms with E-state index in [9.17, 15) is 4.79 Å². The van der Waals surface area contributed by atoms with E-state index < -0.39 is 5.97 Å². The molecule has 3 aromatic heterocycles. The first-order valence-electron chi connectivity index (χ1n) is 11.5. The number of hydrogen-bond donors (Lipinski definition) is 1. The van der Waals surface area contributed by atoms with Crippen molar-refractivity contribution in [1.82, 2.24) is 19.1 Å². The van der Waals surface area contributed by atoms with Crippen LogP contribution in [0.2, 0.25) is 0 Å². The van der Waals surface area contributed by atoms with Crippen LogP contribution in [0.5, 0.6) is 5.75 Å². The van der Waals surface area contributed by atoms with Crippen molar-refractivity contribution >= 4 is 28.0 Å². The van der Waals surface area contributed by atoms with E-state index in [0.29, 0.717) is 22.9 Å². The maximum atomic E-state index is 12.3. The number of nitrogens with two attached hydrogens (primary N) is 1. The smallest absolute Gasteiger partial charge is 0.338 e. The quantitative estimate of drug-likeness (QED) is 0.301. The maximum absolute atomic E-state index is 12.3. The summed E-state index contributed by atoms with van der Waals surface area (Å²) in [6, 6.07) is 9.84. The first kappa shape index (κ1) is 22.2. The predicted octanol–water partition coefficient (Wildman–Crippen LogP) is 4.78. The van der Waals surface area contributed by atoms with Gasteiger partial charge in [-0.1, -0.05) is 6.08 Å². The number of aryl methyl sites for hydroxylation is 1. The third kappa shape index (κ3) is 3.64. The number of rotatable bonds is 8. The monoisotopic (exact) mass is 459 g/mol. The standard InChI is InChI=1S/C26H29N5O3/c1-5-6-11-30-21(13-16-7-10-19(15(2)27)28-24(16)30)25-29-20-12-17(26(32)34-4)14-22(33-3)23(20)31(25)18-8-9-18/h5,7,10,12-15,18H,1,6,8-9,11,27H2,2-4H3. The number of aromatic nitrogens is 4. The van der Waals surface area contributed by atoms with E-state index in [4.69, 9.17) is 25.2 Å². The summed E-state index contributed by atoms with van der Waals surface area (Å²) < 4.78 is 15.1. The lowest BCUT2D eigenvalue weighted by Crippen LogP contribution is -2.09. The van der Waals surface area contributed by atoms with Gasteiger partial charge >= 0.3 is 5.97 Å². The first-order valence-corrected chi connectivity index (χ1v) is 11.5. The van der Waals surface area contributed by atoms with E-state index in [-0.39, 0.29) is 6.04 Å². The van der Waals surface area contributed by atoms with Gasteiger partial charge in [-0.3, -0.25) is 0 Å². The second kappa shape index (κ2) is 8.61. The maximum Gasteiger partial charge on any atom is 0.338 e. The second-order valence-corrected chi connectivity index (χ2v) is 8.77. The first-order chi connectivity index (χ1) is 16.5. The molecular weight excluding hydrogens is 430 g/mol. The van der Waals surface area contributed by atoms with E-state index in [0.717, 1.165) is 59.6 Å². The van der Waals surface area contributed by atoms with Gasteiger partial charge in [-0.15, -0.1) is 6.58 Å². The summed E-state index contributed by atoms with van der Waals surface area (Å²) in [5.74, 6) is 1.02. The number of nitrogens with zero attached hydrogens (tertiary/aromatic N) is 4.